The van der Waals surface area contributed by atoms with E-state index in [1.54, 1.807) is 6.92 Å². The minimum atomic E-state index is -1.72. The lowest BCUT2D eigenvalue weighted by molar-refractivity contribution is 0.0494. The molecule has 0 spiro atoms. The van der Waals surface area contributed by atoms with Gasteiger partial charge in [-0.05, 0) is 25.5 Å². The molecule has 1 amide bonds. The van der Waals surface area contributed by atoms with Crippen molar-refractivity contribution in [1.29, 1.82) is 0 Å². The van der Waals surface area contributed by atoms with Crippen molar-refractivity contribution in [3.8, 4) is 0 Å². The minimum absolute atomic E-state index is 0.127. The summed E-state index contributed by atoms with van der Waals surface area (Å²) in [4.78, 5) is 25.6. The number of H-pyrrole nitrogens is 1. The van der Waals surface area contributed by atoms with Gasteiger partial charge in [0.2, 0.25) is 5.56 Å². The molecular formula is C16H16F2N2O3. The molecule has 1 atom stereocenters. The highest BCUT2D eigenvalue weighted by Crippen LogP contribution is 2.23. The topological polar surface area (TPSA) is 82.2 Å². The normalized spacial score (nSPS) is 13.4. The van der Waals surface area contributed by atoms with Crippen LogP contribution in [0.1, 0.15) is 28.4 Å². The zero-order valence-electron chi connectivity index (χ0n) is 12.6. The van der Waals surface area contributed by atoms with Crippen molar-refractivity contribution in [2.24, 2.45) is 0 Å². The number of aromatic amines is 1. The third-order valence-corrected chi connectivity index (χ3v) is 3.48. The molecule has 0 radical (unpaired) electrons. The van der Waals surface area contributed by atoms with Gasteiger partial charge in [0, 0.05) is 23.9 Å². The summed E-state index contributed by atoms with van der Waals surface area (Å²) < 4.78 is 26.7. The number of aliphatic hydroxyl groups is 1. The van der Waals surface area contributed by atoms with Gasteiger partial charge in [-0.15, -0.1) is 0 Å². The number of carbonyl (C=O) groups excluding carboxylic acids is 1. The van der Waals surface area contributed by atoms with E-state index in [1.807, 2.05) is 0 Å². The summed E-state index contributed by atoms with van der Waals surface area (Å²) in [6.45, 7) is 2.62. The molecule has 0 aliphatic heterocycles. The molecule has 7 heteroatoms. The minimum Gasteiger partial charge on any atom is -0.383 e. The third kappa shape index (κ3) is 3.81. The first-order valence-corrected chi connectivity index (χ1v) is 6.86. The first-order chi connectivity index (χ1) is 10.7. The lowest BCUT2D eigenvalue weighted by atomic mass is 9.95. The fourth-order valence-corrected chi connectivity index (χ4v) is 2.19. The summed E-state index contributed by atoms with van der Waals surface area (Å²) >= 11 is 0. The molecular weight excluding hydrogens is 306 g/mol. The number of hydrogen-bond donors (Lipinski definition) is 3. The van der Waals surface area contributed by atoms with Gasteiger partial charge in [0.15, 0.2) is 0 Å². The van der Waals surface area contributed by atoms with Gasteiger partial charge < -0.3 is 15.4 Å². The lowest BCUT2D eigenvalue weighted by Gasteiger charge is -2.25. The molecule has 0 fully saturated rings. The van der Waals surface area contributed by atoms with Crippen molar-refractivity contribution < 1.29 is 18.7 Å². The second-order valence-electron chi connectivity index (χ2n) is 5.47. The van der Waals surface area contributed by atoms with Gasteiger partial charge >= 0.3 is 0 Å². The van der Waals surface area contributed by atoms with E-state index in [0.717, 1.165) is 12.1 Å². The maximum Gasteiger partial charge on any atom is 0.253 e. The maximum absolute atomic E-state index is 13.7. The number of hydrogen-bond acceptors (Lipinski definition) is 3. The second-order valence-corrected chi connectivity index (χ2v) is 5.47. The van der Waals surface area contributed by atoms with Crippen LogP contribution in [0, 0.1) is 18.6 Å². The molecule has 1 heterocycles. The predicted molar refractivity (Wildman–Crippen MR) is 80.1 cm³/mol. The molecule has 23 heavy (non-hydrogen) atoms. The van der Waals surface area contributed by atoms with Crippen LogP contribution in [0.5, 0.6) is 0 Å². The first-order valence-electron chi connectivity index (χ1n) is 6.86. The van der Waals surface area contributed by atoms with Gasteiger partial charge in [0.1, 0.15) is 17.2 Å². The van der Waals surface area contributed by atoms with E-state index in [9.17, 15) is 23.5 Å². The van der Waals surface area contributed by atoms with Crippen LogP contribution < -0.4 is 10.9 Å². The van der Waals surface area contributed by atoms with Gasteiger partial charge in [-0.3, -0.25) is 9.59 Å². The monoisotopic (exact) mass is 322 g/mol. The van der Waals surface area contributed by atoms with Crippen LogP contribution in [0.2, 0.25) is 0 Å². The average molecular weight is 322 g/mol. The van der Waals surface area contributed by atoms with Gasteiger partial charge in [-0.25, -0.2) is 8.78 Å². The number of benzene rings is 1. The zero-order chi connectivity index (χ0) is 17.2. The standard InChI is InChI=1S/C16H16F2N2O3/c1-9-5-14(21)19-7-11(9)15(22)20-8-16(2,23)12-4-3-10(17)6-13(12)18/h3-7,23H,8H2,1-2H3,(H,19,21)(H,20,22). The lowest BCUT2D eigenvalue weighted by Crippen LogP contribution is -2.39. The average Bonchev–Trinajstić information content (AvgIpc) is 2.44. The van der Waals surface area contributed by atoms with Crippen molar-refractivity contribution in [2.45, 2.75) is 19.4 Å². The summed E-state index contributed by atoms with van der Waals surface area (Å²) in [6, 6.07) is 4.09. The summed E-state index contributed by atoms with van der Waals surface area (Å²) in [7, 11) is 0. The highest BCUT2D eigenvalue weighted by atomic mass is 19.1. The molecule has 0 saturated carbocycles. The molecule has 0 aliphatic rings. The maximum atomic E-state index is 13.7. The number of aromatic nitrogens is 1. The van der Waals surface area contributed by atoms with Crippen molar-refractivity contribution in [3.63, 3.8) is 0 Å². The van der Waals surface area contributed by atoms with Crippen molar-refractivity contribution in [3.05, 3.63) is 69.1 Å². The molecule has 3 N–H and O–H groups in total. The number of aryl methyl sites for hydroxylation is 1. The van der Waals surface area contributed by atoms with Gasteiger partial charge in [0.25, 0.3) is 5.91 Å². The van der Waals surface area contributed by atoms with E-state index >= 15 is 0 Å². The Morgan fingerprint density at radius 2 is 2.04 bits per heavy atom. The summed E-state index contributed by atoms with van der Waals surface area (Å²) in [5.74, 6) is -2.18. The molecule has 2 aromatic rings. The molecule has 0 bridgehead atoms. The van der Waals surface area contributed by atoms with E-state index in [2.05, 4.69) is 10.3 Å². The van der Waals surface area contributed by atoms with Crippen LogP contribution in [0.15, 0.2) is 35.3 Å². The largest absolute Gasteiger partial charge is 0.383 e. The van der Waals surface area contributed by atoms with Gasteiger partial charge in [0.05, 0.1) is 12.1 Å². The third-order valence-electron chi connectivity index (χ3n) is 3.48. The van der Waals surface area contributed by atoms with Gasteiger partial charge in [-0.2, -0.15) is 0 Å². The number of amides is 1. The molecule has 5 nitrogen and oxygen atoms in total. The summed E-state index contributed by atoms with van der Waals surface area (Å²) in [5, 5.41) is 12.8. The van der Waals surface area contributed by atoms with E-state index in [0.29, 0.717) is 11.6 Å². The quantitative estimate of drug-likeness (QED) is 0.799. The molecule has 1 aromatic carbocycles. The van der Waals surface area contributed by atoms with Crippen LogP contribution in [0.4, 0.5) is 8.78 Å². The molecule has 122 valence electrons. The zero-order valence-corrected chi connectivity index (χ0v) is 12.6. The number of halogens is 2. The predicted octanol–water partition coefficient (Wildman–Crippen LogP) is 1.60. The summed E-state index contributed by atoms with van der Waals surface area (Å²) in [5.41, 5.74) is -1.47. The first kappa shape index (κ1) is 16.8. The molecule has 1 aromatic heterocycles. The fourth-order valence-electron chi connectivity index (χ4n) is 2.19. The second kappa shape index (κ2) is 6.29. The Balaban J connectivity index is 2.15. The highest BCUT2D eigenvalue weighted by Gasteiger charge is 2.27. The van der Waals surface area contributed by atoms with Crippen molar-refractivity contribution >= 4 is 5.91 Å². The van der Waals surface area contributed by atoms with E-state index < -0.39 is 23.1 Å². The Hall–Kier alpha value is -2.54. The Morgan fingerprint density at radius 1 is 1.35 bits per heavy atom. The molecule has 1 unspecified atom stereocenters. The molecule has 0 saturated heterocycles. The van der Waals surface area contributed by atoms with E-state index in [-0.39, 0.29) is 23.2 Å². The van der Waals surface area contributed by atoms with Crippen LogP contribution in [-0.4, -0.2) is 22.5 Å². The number of rotatable bonds is 4. The van der Waals surface area contributed by atoms with Crippen molar-refractivity contribution in [2.75, 3.05) is 6.54 Å². The van der Waals surface area contributed by atoms with Crippen LogP contribution >= 0.6 is 0 Å². The smallest absolute Gasteiger partial charge is 0.253 e. The Bertz CT molecular complexity index is 800. The van der Waals surface area contributed by atoms with Crippen LogP contribution in [0.25, 0.3) is 0 Å². The Kier molecular flexibility index (Phi) is 4.60. The molecule has 0 aliphatic carbocycles. The Labute approximate surface area is 131 Å². The number of nitrogens with one attached hydrogen (secondary N) is 2. The van der Waals surface area contributed by atoms with Crippen LogP contribution in [0.3, 0.4) is 0 Å². The highest BCUT2D eigenvalue weighted by molar-refractivity contribution is 5.95. The van der Waals surface area contributed by atoms with Gasteiger partial charge in [-0.1, -0.05) is 6.07 Å². The number of pyridine rings is 1. The summed E-state index contributed by atoms with van der Waals surface area (Å²) in [6.07, 6.45) is 1.26. The van der Waals surface area contributed by atoms with E-state index in [1.165, 1.54) is 19.2 Å². The SMILES string of the molecule is Cc1cc(=O)[nH]cc1C(=O)NCC(C)(O)c1ccc(F)cc1F. The molecule has 2 rings (SSSR count). The number of carbonyl (C=O) groups is 1. The van der Waals surface area contributed by atoms with E-state index in [4.69, 9.17) is 0 Å². The van der Waals surface area contributed by atoms with Crippen LogP contribution in [-0.2, 0) is 5.60 Å². The fraction of sp³-hybridized carbons (Fsp3) is 0.250. The Morgan fingerprint density at radius 3 is 2.65 bits per heavy atom. The van der Waals surface area contributed by atoms with Crippen molar-refractivity contribution in [1.82, 2.24) is 10.3 Å².